The Kier molecular flexibility index (Phi) is 6.97. The van der Waals surface area contributed by atoms with Crippen molar-refractivity contribution in [2.45, 2.75) is 70.2 Å². The van der Waals surface area contributed by atoms with Crippen molar-refractivity contribution in [3.8, 4) is 6.01 Å². The predicted octanol–water partition coefficient (Wildman–Crippen LogP) is 5.25. The van der Waals surface area contributed by atoms with Crippen LogP contribution in [0.3, 0.4) is 0 Å². The van der Waals surface area contributed by atoms with E-state index in [9.17, 15) is 4.79 Å². The maximum Gasteiger partial charge on any atom is 0.410 e. The van der Waals surface area contributed by atoms with Gasteiger partial charge in [0.1, 0.15) is 23.5 Å². The fourth-order valence-electron chi connectivity index (χ4n) is 5.49. The van der Waals surface area contributed by atoms with Crippen LogP contribution in [0.5, 0.6) is 6.01 Å². The van der Waals surface area contributed by atoms with Gasteiger partial charge >= 0.3 is 12.1 Å². The van der Waals surface area contributed by atoms with Crippen molar-refractivity contribution < 1.29 is 18.7 Å². The van der Waals surface area contributed by atoms with E-state index in [0.29, 0.717) is 30.9 Å². The molecule has 3 atom stereocenters. The first-order valence-electron chi connectivity index (χ1n) is 12.5. The summed E-state index contributed by atoms with van der Waals surface area (Å²) < 4.78 is 27.2. The van der Waals surface area contributed by atoms with Crippen molar-refractivity contribution in [3.63, 3.8) is 0 Å². The molecule has 3 aliphatic heterocycles. The number of carbonyl (C=O) groups excluding carboxylic acids is 1. The second-order valence-electron chi connectivity index (χ2n) is 11.0. The van der Waals surface area contributed by atoms with Crippen molar-refractivity contribution in [2.75, 3.05) is 38.2 Å². The zero-order valence-corrected chi connectivity index (χ0v) is 23.4. The van der Waals surface area contributed by atoms with Crippen LogP contribution in [0.4, 0.5) is 15.0 Å². The number of piperazine rings is 1. The molecule has 5 rings (SSSR count). The summed E-state index contributed by atoms with van der Waals surface area (Å²) in [7, 11) is 2.08. The first kappa shape index (κ1) is 25.7. The summed E-state index contributed by atoms with van der Waals surface area (Å²) in [5, 5.41) is 0.776. The van der Waals surface area contributed by atoms with Gasteiger partial charge in [0.25, 0.3) is 0 Å². The fourth-order valence-corrected chi connectivity index (χ4v) is 5.99. The molecule has 11 heteroatoms. The standard InChI is InChI=1S/C25H32BrClFN5O3/c1-25(2,3)36-24(34)33-14-7-8-15(33)12-32(11-14)22-17-10-18(27)19(26)20(28)21(17)29-23(30-22)35-13-16-6-5-9-31(16)4/h10,14-16H,5-9,11-13H2,1-4H3/t14-,15+,16-/m0/s1. The number of hydrogen-bond acceptors (Lipinski definition) is 7. The number of carbonyl (C=O) groups is 1. The van der Waals surface area contributed by atoms with E-state index in [1.807, 2.05) is 25.7 Å². The first-order valence-corrected chi connectivity index (χ1v) is 13.6. The van der Waals surface area contributed by atoms with E-state index >= 15 is 4.39 Å². The predicted molar refractivity (Wildman–Crippen MR) is 140 cm³/mol. The Morgan fingerprint density at radius 3 is 2.53 bits per heavy atom. The lowest BCUT2D eigenvalue weighted by molar-refractivity contribution is 0.0123. The number of nitrogens with zero attached hydrogens (tertiary/aromatic N) is 5. The fraction of sp³-hybridized carbons (Fsp3) is 0.640. The average Bonchev–Trinajstić information content (AvgIpc) is 3.34. The van der Waals surface area contributed by atoms with Crippen LogP contribution in [0.2, 0.25) is 5.02 Å². The molecule has 1 aromatic heterocycles. The van der Waals surface area contributed by atoms with Gasteiger partial charge in [-0.05, 0) is 82.0 Å². The summed E-state index contributed by atoms with van der Waals surface area (Å²) in [5.41, 5.74) is -0.398. The molecule has 0 radical (unpaired) electrons. The van der Waals surface area contributed by atoms with E-state index < -0.39 is 11.4 Å². The highest BCUT2D eigenvalue weighted by atomic mass is 79.9. The van der Waals surface area contributed by atoms with Crippen molar-refractivity contribution in [1.29, 1.82) is 0 Å². The minimum absolute atomic E-state index is 0.0177. The molecule has 3 aliphatic rings. The first-order chi connectivity index (χ1) is 17.0. The van der Waals surface area contributed by atoms with Crippen LogP contribution in [0.15, 0.2) is 10.5 Å². The molecule has 4 heterocycles. The third kappa shape index (κ3) is 4.96. The number of rotatable bonds is 4. The number of benzene rings is 1. The molecule has 3 fully saturated rings. The number of hydrogen-bond donors (Lipinski definition) is 0. The number of fused-ring (bicyclic) bond motifs is 3. The van der Waals surface area contributed by atoms with Gasteiger partial charge in [0, 0.05) is 24.5 Å². The Hall–Kier alpha value is -1.91. The van der Waals surface area contributed by atoms with Crippen LogP contribution < -0.4 is 9.64 Å². The number of amides is 1. The van der Waals surface area contributed by atoms with Crippen LogP contribution >= 0.6 is 27.5 Å². The smallest absolute Gasteiger partial charge is 0.410 e. The lowest BCUT2D eigenvalue weighted by atomic mass is 10.1. The number of ether oxygens (including phenoxy) is 2. The van der Waals surface area contributed by atoms with Crippen molar-refractivity contribution in [1.82, 2.24) is 19.8 Å². The molecule has 0 N–H and O–H groups in total. The summed E-state index contributed by atoms with van der Waals surface area (Å²) in [4.78, 5) is 28.3. The van der Waals surface area contributed by atoms with Gasteiger partial charge in [0.05, 0.1) is 21.6 Å². The maximum atomic E-state index is 15.3. The minimum atomic E-state index is -0.558. The zero-order valence-electron chi connectivity index (χ0n) is 21.1. The largest absolute Gasteiger partial charge is 0.462 e. The highest BCUT2D eigenvalue weighted by molar-refractivity contribution is 9.10. The SMILES string of the molecule is CN1CCC[C@H]1COc1nc(N2C[C@H]3CC[C@@H](C2)N3C(=O)OC(C)(C)C)c2cc(Cl)c(Br)c(F)c2n1. The molecule has 0 saturated carbocycles. The highest BCUT2D eigenvalue weighted by Crippen LogP contribution is 2.39. The summed E-state index contributed by atoms with van der Waals surface area (Å²) in [6.07, 6.45) is 3.63. The molecule has 0 aliphatic carbocycles. The van der Waals surface area contributed by atoms with Crippen molar-refractivity contribution in [3.05, 3.63) is 21.4 Å². The molecular formula is C25H32BrClFN5O3. The Morgan fingerprint density at radius 2 is 1.92 bits per heavy atom. The van der Waals surface area contributed by atoms with E-state index in [-0.39, 0.29) is 45.2 Å². The Labute approximate surface area is 224 Å². The number of likely N-dealkylation sites (N-methyl/N-ethyl adjacent to an activating group) is 1. The second-order valence-corrected chi connectivity index (χ2v) is 12.2. The van der Waals surface area contributed by atoms with E-state index in [4.69, 9.17) is 26.1 Å². The van der Waals surface area contributed by atoms with Crippen LogP contribution in [0, 0.1) is 5.82 Å². The number of halogens is 3. The minimum Gasteiger partial charge on any atom is -0.462 e. The van der Waals surface area contributed by atoms with Gasteiger partial charge in [-0.3, -0.25) is 4.90 Å². The lowest BCUT2D eigenvalue weighted by Gasteiger charge is -2.42. The van der Waals surface area contributed by atoms with Crippen LogP contribution in [0.1, 0.15) is 46.5 Å². The van der Waals surface area contributed by atoms with Gasteiger partial charge in [-0.15, -0.1) is 0 Å². The van der Waals surface area contributed by atoms with Crippen LogP contribution in [-0.2, 0) is 4.74 Å². The molecular weight excluding hydrogens is 553 g/mol. The van der Waals surface area contributed by atoms with Gasteiger partial charge in [-0.2, -0.15) is 9.97 Å². The summed E-state index contributed by atoms with van der Waals surface area (Å²) in [5.74, 6) is 0.0307. The zero-order chi connectivity index (χ0) is 25.8. The van der Waals surface area contributed by atoms with E-state index in [1.54, 1.807) is 6.07 Å². The normalized spacial score (nSPS) is 24.6. The van der Waals surface area contributed by atoms with E-state index in [0.717, 1.165) is 32.2 Å². The third-order valence-corrected chi connectivity index (χ3v) is 8.55. The van der Waals surface area contributed by atoms with Crippen LogP contribution in [-0.4, -0.2) is 82.9 Å². The molecule has 1 aromatic carbocycles. The van der Waals surface area contributed by atoms with Crippen molar-refractivity contribution >= 4 is 50.3 Å². The molecule has 36 heavy (non-hydrogen) atoms. The van der Waals surface area contributed by atoms with Crippen molar-refractivity contribution in [2.24, 2.45) is 0 Å². The summed E-state index contributed by atoms with van der Waals surface area (Å²) in [6.45, 7) is 8.20. The quantitative estimate of drug-likeness (QED) is 0.455. The molecule has 196 valence electrons. The third-order valence-electron chi connectivity index (χ3n) is 7.25. The van der Waals surface area contributed by atoms with E-state index in [2.05, 4.69) is 37.8 Å². The van der Waals surface area contributed by atoms with Gasteiger partial charge in [-0.1, -0.05) is 11.6 Å². The second kappa shape index (κ2) is 9.76. The van der Waals surface area contributed by atoms with Crippen LogP contribution in [0.25, 0.3) is 10.9 Å². The summed E-state index contributed by atoms with van der Waals surface area (Å²) >= 11 is 9.57. The van der Waals surface area contributed by atoms with Gasteiger partial charge in [0.15, 0.2) is 5.82 Å². The lowest BCUT2D eigenvalue weighted by Crippen LogP contribution is -2.57. The molecule has 3 saturated heterocycles. The average molecular weight is 585 g/mol. The van der Waals surface area contributed by atoms with Gasteiger partial charge in [0.2, 0.25) is 0 Å². The summed E-state index contributed by atoms with van der Waals surface area (Å²) in [6, 6.07) is 2.08. The monoisotopic (exact) mass is 583 g/mol. The molecule has 0 spiro atoms. The molecule has 2 bridgehead atoms. The maximum absolute atomic E-state index is 15.3. The Balaban J connectivity index is 1.46. The van der Waals surface area contributed by atoms with Gasteiger partial charge < -0.3 is 19.3 Å². The molecule has 1 amide bonds. The molecule has 2 aromatic rings. The number of likely N-dealkylation sites (tertiary alicyclic amines) is 1. The molecule has 8 nitrogen and oxygen atoms in total. The molecule has 0 unspecified atom stereocenters. The number of anilines is 1. The Morgan fingerprint density at radius 1 is 1.22 bits per heavy atom. The highest BCUT2D eigenvalue weighted by Gasteiger charge is 2.45. The Bertz CT molecular complexity index is 1160. The topological polar surface area (TPSA) is 71.0 Å². The van der Waals surface area contributed by atoms with Gasteiger partial charge in [-0.25, -0.2) is 9.18 Å². The van der Waals surface area contributed by atoms with E-state index in [1.165, 1.54) is 0 Å². The number of aromatic nitrogens is 2.